The molecule has 0 aromatic carbocycles. The van der Waals surface area contributed by atoms with Gasteiger partial charge in [0.1, 0.15) is 15.9 Å². The van der Waals surface area contributed by atoms with Crippen LogP contribution in [0.3, 0.4) is 0 Å². The number of rotatable bonds is 7. The van der Waals surface area contributed by atoms with Crippen LogP contribution in [0, 0.1) is 0 Å². The molecule has 0 aliphatic carbocycles. The van der Waals surface area contributed by atoms with Crippen LogP contribution in [0.15, 0.2) is 0 Å². The van der Waals surface area contributed by atoms with Gasteiger partial charge in [-0.2, -0.15) is 0 Å². The van der Waals surface area contributed by atoms with Crippen LogP contribution in [0.1, 0.15) is 6.42 Å². The van der Waals surface area contributed by atoms with Crippen molar-refractivity contribution in [1.29, 1.82) is 0 Å². The zero-order chi connectivity index (χ0) is 15.2. The van der Waals surface area contributed by atoms with E-state index in [1.807, 2.05) is 5.32 Å². The number of carboxylic acid groups (broad SMARTS) is 2. The lowest BCUT2D eigenvalue weighted by atomic mass is 10.2. The number of carbonyl (C=O) groups is 3. The van der Waals surface area contributed by atoms with Crippen LogP contribution >= 0.6 is 0 Å². The van der Waals surface area contributed by atoms with Gasteiger partial charge in [-0.1, -0.05) is 0 Å². The number of amides is 2. The number of nitrogens with one attached hydrogen (secondary N) is 1. The number of hydrogen-bond acceptors (Lipinski definition) is 5. The van der Waals surface area contributed by atoms with Crippen molar-refractivity contribution in [2.75, 3.05) is 25.6 Å². The van der Waals surface area contributed by atoms with Crippen molar-refractivity contribution in [1.82, 2.24) is 10.2 Å². The number of aliphatic carboxylic acids is 2. The normalized spacial score (nSPS) is 12.5. The molecule has 9 nitrogen and oxygen atoms in total. The summed E-state index contributed by atoms with van der Waals surface area (Å²) in [5.74, 6) is -3.12. The third-order valence-corrected chi connectivity index (χ3v) is 3.04. The minimum absolute atomic E-state index is 0.121. The minimum Gasteiger partial charge on any atom is -0.481 e. The topological polar surface area (TPSA) is 141 Å². The second-order valence-electron chi connectivity index (χ2n) is 3.99. The maximum Gasteiger partial charge on any atom is 0.326 e. The molecule has 0 aliphatic rings. The van der Waals surface area contributed by atoms with Crippen LogP contribution < -0.4 is 5.32 Å². The van der Waals surface area contributed by atoms with E-state index < -0.39 is 40.3 Å². The van der Waals surface area contributed by atoms with Gasteiger partial charge >= 0.3 is 18.0 Å². The Morgan fingerprint density at radius 2 is 1.79 bits per heavy atom. The van der Waals surface area contributed by atoms with Crippen molar-refractivity contribution in [3.63, 3.8) is 0 Å². The first-order chi connectivity index (χ1) is 8.53. The molecule has 0 radical (unpaired) electrons. The maximum atomic E-state index is 11.5. The van der Waals surface area contributed by atoms with Crippen LogP contribution in [0.2, 0.25) is 0 Å². The Hall–Kier alpha value is -1.84. The minimum atomic E-state index is -3.25. The number of hydrogen-bond donors (Lipinski definition) is 3. The molecule has 0 aromatic rings. The highest BCUT2D eigenvalue weighted by Crippen LogP contribution is 1.96. The third kappa shape index (κ3) is 7.97. The lowest BCUT2D eigenvalue weighted by Gasteiger charge is -2.20. The highest BCUT2D eigenvalue weighted by Gasteiger charge is 2.24. The number of urea groups is 1. The Morgan fingerprint density at radius 3 is 2.16 bits per heavy atom. The molecule has 1 atom stereocenters. The van der Waals surface area contributed by atoms with E-state index in [1.165, 1.54) is 7.05 Å². The lowest BCUT2D eigenvalue weighted by molar-refractivity contribution is -0.145. The van der Waals surface area contributed by atoms with Gasteiger partial charge in [-0.3, -0.25) is 4.79 Å². The molecule has 0 saturated carbocycles. The largest absolute Gasteiger partial charge is 0.481 e. The summed E-state index contributed by atoms with van der Waals surface area (Å²) in [6.07, 6.45) is 0.240. The number of sulfone groups is 1. The lowest BCUT2D eigenvalue weighted by Crippen LogP contribution is -2.48. The molecule has 10 heteroatoms. The first kappa shape index (κ1) is 17.2. The van der Waals surface area contributed by atoms with E-state index in [9.17, 15) is 22.8 Å². The third-order valence-electron chi connectivity index (χ3n) is 2.12. The molecular formula is C9H16N2O7S. The summed E-state index contributed by atoms with van der Waals surface area (Å²) < 4.78 is 21.8. The Labute approximate surface area is 110 Å². The second kappa shape index (κ2) is 6.92. The fraction of sp³-hybridized carbons (Fsp3) is 0.667. The Kier molecular flexibility index (Phi) is 6.25. The molecule has 0 heterocycles. The van der Waals surface area contributed by atoms with Gasteiger partial charge in [-0.25, -0.2) is 18.0 Å². The Balaban J connectivity index is 4.47. The number of nitrogens with zero attached hydrogens (tertiary/aromatic N) is 1. The van der Waals surface area contributed by atoms with Gasteiger partial charge in [-0.05, 0) is 0 Å². The Bertz CT molecular complexity index is 459. The highest BCUT2D eigenvalue weighted by molar-refractivity contribution is 7.90. The SMILES string of the molecule is CN(CCS(C)(=O)=O)C(=O)N[C@@H](CC(=O)O)C(=O)O. The smallest absolute Gasteiger partial charge is 0.326 e. The van der Waals surface area contributed by atoms with E-state index in [1.54, 1.807) is 0 Å². The van der Waals surface area contributed by atoms with E-state index in [4.69, 9.17) is 10.2 Å². The second-order valence-corrected chi connectivity index (χ2v) is 6.25. The summed E-state index contributed by atoms with van der Waals surface area (Å²) >= 11 is 0. The number of carbonyl (C=O) groups excluding carboxylic acids is 1. The van der Waals surface area contributed by atoms with E-state index in [-0.39, 0.29) is 12.3 Å². The van der Waals surface area contributed by atoms with Gasteiger partial charge in [0.05, 0.1) is 12.2 Å². The summed E-state index contributed by atoms with van der Waals surface area (Å²) in [6, 6.07) is -2.41. The molecule has 19 heavy (non-hydrogen) atoms. The van der Waals surface area contributed by atoms with Gasteiger partial charge < -0.3 is 20.4 Å². The van der Waals surface area contributed by atoms with Gasteiger partial charge in [-0.15, -0.1) is 0 Å². The number of carboxylic acids is 2. The first-order valence-corrected chi connectivity index (χ1v) is 7.23. The molecule has 3 N–H and O–H groups in total. The fourth-order valence-corrected chi connectivity index (χ4v) is 1.64. The summed E-state index contributed by atoms with van der Waals surface area (Å²) in [4.78, 5) is 33.6. The molecule has 0 unspecified atom stereocenters. The molecule has 0 fully saturated rings. The van der Waals surface area contributed by atoms with E-state index in [0.717, 1.165) is 11.2 Å². The predicted octanol–water partition coefficient (Wildman–Crippen LogP) is -1.40. The van der Waals surface area contributed by atoms with Gasteiger partial charge in [0.15, 0.2) is 0 Å². The highest BCUT2D eigenvalue weighted by atomic mass is 32.2. The summed E-state index contributed by atoms with van der Waals surface area (Å²) in [6.45, 7) is -0.121. The van der Waals surface area contributed by atoms with E-state index in [2.05, 4.69) is 0 Å². The molecule has 0 aliphatic heterocycles. The standard InChI is InChI=1S/C9H16N2O7S/c1-11(3-4-19(2,17)18)9(16)10-6(8(14)15)5-7(12)13/h6H,3-5H2,1-2H3,(H,10,16)(H,12,13)(H,14,15)/t6-/m0/s1. The maximum absolute atomic E-state index is 11.5. The van der Waals surface area contributed by atoms with Crippen LogP contribution in [0.5, 0.6) is 0 Å². The fourth-order valence-electron chi connectivity index (χ4n) is 1.04. The van der Waals surface area contributed by atoms with Crippen molar-refractivity contribution in [3.05, 3.63) is 0 Å². The van der Waals surface area contributed by atoms with Crippen LogP contribution in [0.4, 0.5) is 4.79 Å². The van der Waals surface area contributed by atoms with Crippen LogP contribution in [-0.2, 0) is 19.4 Å². The van der Waals surface area contributed by atoms with E-state index in [0.29, 0.717) is 0 Å². The summed E-state index contributed by atoms with van der Waals surface area (Å²) in [7, 11) is -1.97. The summed E-state index contributed by atoms with van der Waals surface area (Å²) in [5, 5.41) is 19.2. The van der Waals surface area contributed by atoms with Crippen molar-refractivity contribution < 1.29 is 33.0 Å². The zero-order valence-electron chi connectivity index (χ0n) is 10.5. The Morgan fingerprint density at radius 1 is 1.26 bits per heavy atom. The van der Waals surface area contributed by atoms with Crippen molar-refractivity contribution in [2.45, 2.75) is 12.5 Å². The molecular weight excluding hydrogens is 280 g/mol. The molecule has 0 spiro atoms. The molecule has 0 aromatic heterocycles. The average molecular weight is 296 g/mol. The monoisotopic (exact) mass is 296 g/mol. The van der Waals surface area contributed by atoms with Gasteiger partial charge in [0.25, 0.3) is 0 Å². The van der Waals surface area contributed by atoms with Gasteiger partial charge in [0.2, 0.25) is 0 Å². The molecule has 0 rings (SSSR count). The van der Waals surface area contributed by atoms with Crippen molar-refractivity contribution in [3.8, 4) is 0 Å². The van der Waals surface area contributed by atoms with Crippen LogP contribution in [-0.4, -0.2) is 73.1 Å². The molecule has 2 amide bonds. The molecule has 0 bridgehead atoms. The molecule has 110 valence electrons. The van der Waals surface area contributed by atoms with Crippen molar-refractivity contribution >= 4 is 27.8 Å². The summed E-state index contributed by atoms with van der Waals surface area (Å²) in [5.41, 5.74) is 0. The molecule has 0 saturated heterocycles. The quantitative estimate of drug-likeness (QED) is 0.524. The van der Waals surface area contributed by atoms with Crippen molar-refractivity contribution in [2.24, 2.45) is 0 Å². The first-order valence-electron chi connectivity index (χ1n) is 5.17. The van der Waals surface area contributed by atoms with E-state index >= 15 is 0 Å². The predicted molar refractivity (Wildman–Crippen MR) is 64.5 cm³/mol. The zero-order valence-corrected chi connectivity index (χ0v) is 11.3. The average Bonchev–Trinajstić information content (AvgIpc) is 2.22. The van der Waals surface area contributed by atoms with Crippen LogP contribution in [0.25, 0.3) is 0 Å². The van der Waals surface area contributed by atoms with Gasteiger partial charge in [0, 0.05) is 19.8 Å².